The fourth-order valence-corrected chi connectivity index (χ4v) is 2.63. The first-order valence-electron chi connectivity index (χ1n) is 5.13. The van der Waals surface area contributed by atoms with Crippen LogP contribution in [0.5, 0.6) is 0 Å². The lowest BCUT2D eigenvalue weighted by molar-refractivity contribution is -0.137. The highest BCUT2D eigenvalue weighted by Crippen LogP contribution is 2.14. The van der Waals surface area contributed by atoms with Gasteiger partial charge in [-0.3, -0.25) is 18.9 Å². The minimum Gasteiger partial charge on any atom is -0.480 e. The SMILES string of the molecule is Cn1nccc1S(=O)(=O)Nc1cnn(CC(=O)O)c1. The van der Waals surface area contributed by atoms with Crippen LogP contribution in [-0.2, 0) is 28.4 Å². The molecule has 2 aromatic rings. The van der Waals surface area contributed by atoms with Crippen molar-refractivity contribution in [2.75, 3.05) is 4.72 Å². The number of carboxylic acid groups (broad SMARTS) is 1. The third-order valence-corrected chi connectivity index (χ3v) is 3.69. The number of hydrogen-bond acceptors (Lipinski definition) is 5. The van der Waals surface area contributed by atoms with Crippen molar-refractivity contribution in [3.8, 4) is 0 Å². The molecule has 0 aliphatic carbocycles. The Morgan fingerprint density at radius 3 is 2.79 bits per heavy atom. The van der Waals surface area contributed by atoms with E-state index in [0.29, 0.717) is 0 Å². The van der Waals surface area contributed by atoms with Gasteiger partial charge in [-0.25, -0.2) is 0 Å². The highest BCUT2D eigenvalue weighted by Gasteiger charge is 2.18. The second-order valence-electron chi connectivity index (χ2n) is 3.72. The molecule has 0 unspecified atom stereocenters. The lowest BCUT2D eigenvalue weighted by atomic mass is 10.6. The minimum atomic E-state index is -3.77. The summed E-state index contributed by atoms with van der Waals surface area (Å²) < 4.78 is 28.6. The monoisotopic (exact) mass is 285 g/mol. The lowest BCUT2D eigenvalue weighted by Gasteiger charge is -2.05. The van der Waals surface area contributed by atoms with E-state index in [1.54, 1.807) is 0 Å². The van der Waals surface area contributed by atoms with Crippen LogP contribution in [0.1, 0.15) is 0 Å². The summed E-state index contributed by atoms with van der Waals surface area (Å²) in [5.74, 6) is -1.07. The minimum absolute atomic E-state index is 0.00140. The van der Waals surface area contributed by atoms with E-state index in [4.69, 9.17) is 5.11 Å². The van der Waals surface area contributed by atoms with Gasteiger partial charge in [-0.15, -0.1) is 0 Å². The Morgan fingerprint density at radius 2 is 2.21 bits per heavy atom. The summed E-state index contributed by atoms with van der Waals surface area (Å²) in [6.45, 7) is -0.340. The Bertz CT molecular complexity index is 702. The van der Waals surface area contributed by atoms with Crippen molar-refractivity contribution in [3.05, 3.63) is 24.7 Å². The van der Waals surface area contributed by atoms with Gasteiger partial charge < -0.3 is 5.11 Å². The predicted octanol–water partition coefficient (Wildman–Crippen LogP) is -0.498. The fraction of sp³-hybridized carbons (Fsp3) is 0.222. The summed E-state index contributed by atoms with van der Waals surface area (Å²) >= 11 is 0. The van der Waals surface area contributed by atoms with E-state index >= 15 is 0 Å². The molecule has 0 aromatic carbocycles. The Balaban J connectivity index is 2.19. The van der Waals surface area contributed by atoms with E-state index in [-0.39, 0.29) is 17.3 Å². The summed E-state index contributed by atoms with van der Waals surface area (Å²) in [4.78, 5) is 10.5. The Kier molecular flexibility index (Phi) is 3.25. The second-order valence-corrected chi connectivity index (χ2v) is 5.35. The van der Waals surface area contributed by atoms with Crippen LogP contribution in [0.25, 0.3) is 0 Å². The molecule has 0 radical (unpaired) electrons. The summed E-state index contributed by atoms with van der Waals surface area (Å²) in [5, 5.41) is 16.1. The van der Waals surface area contributed by atoms with E-state index < -0.39 is 16.0 Å². The van der Waals surface area contributed by atoms with E-state index in [9.17, 15) is 13.2 Å². The molecule has 0 saturated heterocycles. The molecule has 0 amide bonds. The number of anilines is 1. The number of aryl methyl sites for hydroxylation is 1. The first kappa shape index (κ1) is 13.1. The molecule has 9 nitrogen and oxygen atoms in total. The fourth-order valence-electron chi connectivity index (χ4n) is 1.47. The molecule has 19 heavy (non-hydrogen) atoms. The molecule has 2 N–H and O–H groups in total. The van der Waals surface area contributed by atoms with E-state index in [1.807, 2.05) is 0 Å². The molecular weight excluding hydrogens is 274 g/mol. The first-order chi connectivity index (χ1) is 8.88. The molecule has 0 saturated carbocycles. The number of aromatic nitrogens is 4. The molecule has 0 spiro atoms. The highest BCUT2D eigenvalue weighted by atomic mass is 32.2. The third kappa shape index (κ3) is 2.91. The van der Waals surface area contributed by atoms with Crippen molar-refractivity contribution in [2.24, 2.45) is 7.05 Å². The molecule has 102 valence electrons. The van der Waals surface area contributed by atoms with Crippen molar-refractivity contribution < 1.29 is 18.3 Å². The van der Waals surface area contributed by atoms with Gasteiger partial charge in [0.05, 0.1) is 18.1 Å². The zero-order valence-corrected chi connectivity index (χ0v) is 10.7. The number of sulfonamides is 1. The van der Waals surface area contributed by atoms with Crippen LogP contribution in [-0.4, -0.2) is 39.1 Å². The molecule has 10 heteroatoms. The molecular formula is C9H11N5O4S. The smallest absolute Gasteiger partial charge is 0.325 e. The largest absolute Gasteiger partial charge is 0.480 e. The van der Waals surface area contributed by atoms with Crippen LogP contribution in [0.4, 0.5) is 5.69 Å². The van der Waals surface area contributed by atoms with E-state index in [1.165, 1.54) is 36.4 Å². The molecule has 2 heterocycles. The second kappa shape index (κ2) is 4.72. The maximum absolute atomic E-state index is 12.0. The molecule has 0 aliphatic heterocycles. The normalized spacial score (nSPS) is 11.4. The van der Waals surface area contributed by atoms with Crippen LogP contribution in [0.2, 0.25) is 0 Å². The summed E-state index contributed by atoms with van der Waals surface area (Å²) in [6, 6.07) is 1.35. The molecule has 0 fully saturated rings. The standard InChI is InChI=1S/C9H11N5O4S/c1-13-8(2-3-10-13)19(17,18)12-7-4-11-14(5-7)6-9(15)16/h2-5,12H,6H2,1H3,(H,15,16). The zero-order chi connectivity index (χ0) is 14.0. The maximum Gasteiger partial charge on any atom is 0.325 e. The Labute approximate surface area is 108 Å². The average Bonchev–Trinajstić information content (AvgIpc) is 2.86. The molecule has 0 bridgehead atoms. The van der Waals surface area contributed by atoms with Gasteiger partial charge in [0.15, 0.2) is 5.03 Å². The summed E-state index contributed by atoms with van der Waals surface area (Å²) in [7, 11) is -2.26. The number of rotatable bonds is 5. The van der Waals surface area contributed by atoms with Gasteiger partial charge in [0, 0.05) is 13.2 Å². The van der Waals surface area contributed by atoms with E-state index in [0.717, 1.165) is 4.68 Å². The first-order valence-corrected chi connectivity index (χ1v) is 6.62. The van der Waals surface area contributed by atoms with Gasteiger partial charge in [0.2, 0.25) is 0 Å². The topological polar surface area (TPSA) is 119 Å². The molecule has 2 aromatic heterocycles. The number of carboxylic acids is 1. The number of carbonyl (C=O) groups is 1. The van der Waals surface area contributed by atoms with Crippen molar-refractivity contribution in [1.29, 1.82) is 0 Å². The number of hydrogen-bond donors (Lipinski definition) is 2. The summed E-state index contributed by atoms with van der Waals surface area (Å²) in [6.07, 6.45) is 3.89. The number of nitrogens with zero attached hydrogens (tertiary/aromatic N) is 4. The molecule has 0 atom stereocenters. The van der Waals surface area contributed by atoms with Crippen LogP contribution in [0, 0.1) is 0 Å². The Hall–Kier alpha value is -2.36. The van der Waals surface area contributed by atoms with Gasteiger partial charge in [0.1, 0.15) is 6.54 Å². The van der Waals surface area contributed by atoms with Crippen molar-refractivity contribution in [2.45, 2.75) is 11.6 Å². The van der Waals surface area contributed by atoms with Gasteiger partial charge in [0.25, 0.3) is 10.0 Å². The van der Waals surface area contributed by atoms with E-state index in [2.05, 4.69) is 14.9 Å². The quantitative estimate of drug-likeness (QED) is 0.764. The van der Waals surface area contributed by atoms with Crippen LogP contribution in [0.15, 0.2) is 29.7 Å². The van der Waals surface area contributed by atoms with Gasteiger partial charge in [-0.05, 0) is 6.07 Å². The summed E-state index contributed by atoms with van der Waals surface area (Å²) in [5.41, 5.74) is 0.183. The van der Waals surface area contributed by atoms with Crippen molar-refractivity contribution in [1.82, 2.24) is 19.6 Å². The van der Waals surface area contributed by atoms with Gasteiger partial charge in [-0.2, -0.15) is 18.6 Å². The highest BCUT2D eigenvalue weighted by molar-refractivity contribution is 7.92. The number of nitrogens with one attached hydrogen (secondary N) is 1. The van der Waals surface area contributed by atoms with Crippen LogP contribution in [0.3, 0.4) is 0 Å². The number of aliphatic carboxylic acids is 1. The van der Waals surface area contributed by atoms with Gasteiger partial charge >= 0.3 is 5.97 Å². The molecule has 2 rings (SSSR count). The van der Waals surface area contributed by atoms with Crippen molar-refractivity contribution >= 4 is 21.7 Å². The van der Waals surface area contributed by atoms with Gasteiger partial charge in [-0.1, -0.05) is 0 Å². The third-order valence-electron chi connectivity index (χ3n) is 2.23. The predicted molar refractivity (Wildman–Crippen MR) is 63.9 cm³/mol. The van der Waals surface area contributed by atoms with Crippen molar-refractivity contribution in [3.63, 3.8) is 0 Å². The van der Waals surface area contributed by atoms with Crippen LogP contribution < -0.4 is 4.72 Å². The Morgan fingerprint density at radius 1 is 1.47 bits per heavy atom. The van der Waals surface area contributed by atoms with Crippen LogP contribution >= 0.6 is 0 Å². The molecule has 0 aliphatic rings. The average molecular weight is 285 g/mol. The zero-order valence-electron chi connectivity index (χ0n) is 9.89. The lowest BCUT2D eigenvalue weighted by Crippen LogP contribution is -2.16. The maximum atomic E-state index is 12.0.